The highest BCUT2D eigenvalue weighted by Crippen LogP contribution is 2.26. The molecule has 8 heteroatoms. The van der Waals surface area contributed by atoms with Gasteiger partial charge in [0.15, 0.2) is 0 Å². The van der Waals surface area contributed by atoms with Crippen LogP contribution >= 0.6 is 15.9 Å². The number of carbonyl (C=O) groups is 2. The molecule has 0 aliphatic carbocycles. The summed E-state index contributed by atoms with van der Waals surface area (Å²) in [6.45, 7) is 10.7. The molecule has 3 amide bonds. The molecule has 2 N–H and O–H groups in total. The average molecular weight is 541 g/mol. The van der Waals surface area contributed by atoms with Gasteiger partial charge in [-0.05, 0) is 43.7 Å². The fourth-order valence-corrected chi connectivity index (χ4v) is 3.84. The van der Waals surface area contributed by atoms with Crippen molar-refractivity contribution in [2.75, 3.05) is 23.7 Å². The lowest BCUT2D eigenvalue weighted by Crippen LogP contribution is -2.41. The van der Waals surface area contributed by atoms with E-state index in [2.05, 4.69) is 54.3 Å². The Hall–Kier alpha value is -3.13. The maximum absolute atomic E-state index is 13.1. The molecule has 0 aliphatic rings. The first kappa shape index (κ1) is 26.5. The average Bonchev–Trinajstić information content (AvgIpc) is 3.21. The molecule has 1 heterocycles. The number of halogens is 1. The molecular formula is C27H34BrN5O2. The van der Waals surface area contributed by atoms with E-state index in [1.54, 1.807) is 4.68 Å². The number of rotatable bonds is 8. The highest BCUT2D eigenvalue weighted by molar-refractivity contribution is 9.10. The number of urea groups is 1. The van der Waals surface area contributed by atoms with E-state index in [1.165, 1.54) is 4.90 Å². The van der Waals surface area contributed by atoms with E-state index in [1.807, 2.05) is 61.5 Å². The van der Waals surface area contributed by atoms with Crippen LogP contribution in [0, 0.1) is 6.92 Å². The molecule has 0 unspecified atom stereocenters. The summed E-state index contributed by atoms with van der Waals surface area (Å²) in [4.78, 5) is 27.6. The summed E-state index contributed by atoms with van der Waals surface area (Å²) in [7, 11) is 0. The minimum absolute atomic E-state index is 0.0657. The molecule has 3 rings (SSSR count). The van der Waals surface area contributed by atoms with E-state index in [0.29, 0.717) is 18.1 Å². The van der Waals surface area contributed by atoms with Crippen molar-refractivity contribution in [2.24, 2.45) is 0 Å². The summed E-state index contributed by atoms with van der Waals surface area (Å²) in [6.07, 6.45) is 1.71. The normalized spacial score (nSPS) is 11.3. The molecule has 0 aliphatic heterocycles. The van der Waals surface area contributed by atoms with E-state index >= 15 is 0 Å². The van der Waals surface area contributed by atoms with Crippen molar-refractivity contribution >= 4 is 39.4 Å². The van der Waals surface area contributed by atoms with Gasteiger partial charge in [0.2, 0.25) is 5.91 Å². The van der Waals surface area contributed by atoms with Crippen molar-refractivity contribution in [3.05, 3.63) is 70.3 Å². The Labute approximate surface area is 216 Å². The predicted molar refractivity (Wildman–Crippen MR) is 145 cm³/mol. The van der Waals surface area contributed by atoms with Crippen molar-refractivity contribution in [3.8, 4) is 5.69 Å². The quantitative estimate of drug-likeness (QED) is 0.342. The standard InChI is InChI=1S/C27H34BrN5O2/c1-6-7-15-32(26(35)29-21-10-8-9-20(28)16-21)18-25(34)30-24-17-23(27(3,4)5)31-33(24)22-13-11-19(2)12-14-22/h8-14,16-17H,6-7,15,18H2,1-5H3,(H,29,35)(H,30,34). The van der Waals surface area contributed by atoms with Gasteiger partial charge in [-0.3, -0.25) is 4.79 Å². The third kappa shape index (κ3) is 7.42. The minimum atomic E-state index is -0.311. The Balaban J connectivity index is 1.80. The summed E-state index contributed by atoms with van der Waals surface area (Å²) in [5, 5.41) is 10.6. The van der Waals surface area contributed by atoms with Gasteiger partial charge in [0.05, 0.1) is 11.4 Å². The highest BCUT2D eigenvalue weighted by atomic mass is 79.9. The molecule has 0 fully saturated rings. The van der Waals surface area contributed by atoms with Gasteiger partial charge in [-0.1, -0.05) is 73.8 Å². The van der Waals surface area contributed by atoms with Crippen LogP contribution in [0.5, 0.6) is 0 Å². The molecule has 0 saturated carbocycles. The van der Waals surface area contributed by atoms with Crippen LogP contribution in [0.4, 0.5) is 16.3 Å². The summed E-state index contributed by atoms with van der Waals surface area (Å²) >= 11 is 3.42. The second kappa shape index (κ2) is 11.5. The fourth-order valence-electron chi connectivity index (χ4n) is 3.45. The molecule has 0 bridgehead atoms. The first-order valence-electron chi connectivity index (χ1n) is 11.9. The Morgan fingerprint density at radius 2 is 1.77 bits per heavy atom. The molecule has 0 spiro atoms. The number of benzene rings is 2. The highest BCUT2D eigenvalue weighted by Gasteiger charge is 2.23. The largest absolute Gasteiger partial charge is 0.322 e. The van der Waals surface area contributed by atoms with Crippen molar-refractivity contribution in [1.29, 1.82) is 0 Å². The molecule has 1 aromatic heterocycles. The van der Waals surface area contributed by atoms with Gasteiger partial charge < -0.3 is 15.5 Å². The van der Waals surface area contributed by atoms with E-state index < -0.39 is 0 Å². The van der Waals surface area contributed by atoms with Gasteiger partial charge in [-0.15, -0.1) is 0 Å². The van der Waals surface area contributed by atoms with Crippen LogP contribution in [-0.4, -0.2) is 39.7 Å². The van der Waals surface area contributed by atoms with Gasteiger partial charge in [0, 0.05) is 28.2 Å². The van der Waals surface area contributed by atoms with Gasteiger partial charge in [-0.25, -0.2) is 9.48 Å². The first-order chi connectivity index (χ1) is 16.6. The van der Waals surface area contributed by atoms with E-state index in [0.717, 1.165) is 34.3 Å². The number of aryl methyl sites for hydroxylation is 1. The zero-order valence-electron chi connectivity index (χ0n) is 21.1. The van der Waals surface area contributed by atoms with Gasteiger partial charge in [0.1, 0.15) is 12.4 Å². The zero-order chi connectivity index (χ0) is 25.6. The molecule has 0 atom stereocenters. The summed E-state index contributed by atoms with van der Waals surface area (Å²) in [5.41, 5.74) is 3.34. The maximum Gasteiger partial charge on any atom is 0.322 e. The van der Waals surface area contributed by atoms with E-state index in [9.17, 15) is 9.59 Å². The Bertz CT molecular complexity index is 1170. The smallest absolute Gasteiger partial charge is 0.315 e. The molecule has 3 aromatic rings. The molecule has 0 saturated heterocycles. The molecule has 7 nitrogen and oxygen atoms in total. The van der Waals surface area contributed by atoms with Gasteiger partial charge >= 0.3 is 6.03 Å². The van der Waals surface area contributed by atoms with Crippen LogP contribution in [0.1, 0.15) is 51.8 Å². The van der Waals surface area contributed by atoms with E-state index in [4.69, 9.17) is 5.10 Å². The predicted octanol–water partition coefficient (Wildman–Crippen LogP) is 6.51. The number of hydrogen-bond acceptors (Lipinski definition) is 3. The number of nitrogens with zero attached hydrogens (tertiary/aromatic N) is 3. The number of unbranched alkanes of at least 4 members (excludes halogenated alkanes) is 1. The first-order valence-corrected chi connectivity index (χ1v) is 12.6. The summed E-state index contributed by atoms with van der Waals surface area (Å²) < 4.78 is 2.61. The van der Waals surface area contributed by atoms with Crippen molar-refractivity contribution in [3.63, 3.8) is 0 Å². The number of anilines is 2. The third-order valence-electron chi connectivity index (χ3n) is 5.50. The van der Waals surface area contributed by atoms with E-state index in [-0.39, 0.29) is 23.9 Å². The van der Waals surface area contributed by atoms with Crippen LogP contribution in [0.15, 0.2) is 59.1 Å². The van der Waals surface area contributed by atoms with Gasteiger partial charge in [-0.2, -0.15) is 5.10 Å². The van der Waals surface area contributed by atoms with Gasteiger partial charge in [0.25, 0.3) is 0 Å². The molecule has 2 aromatic carbocycles. The minimum Gasteiger partial charge on any atom is -0.315 e. The number of carbonyl (C=O) groups excluding carboxylic acids is 2. The van der Waals surface area contributed by atoms with Crippen LogP contribution < -0.4 is 10.6 Å². The monoisotopic (exact) mass is 539 g/mol. The van der Waals surface area contributed by atoms with Crippen molar-refractivity contribution in [1.82, 2.24) is 14.7 Å². The van der Waals surface area contributed by atoms with Crippen molar-refractivity contribution < 1.29 is 9.59 Å². The van der Waals surface area contributed by atoms with Crippen LogP contribution in [0.3, 0.4) is 0 Å². The SMILES string of the molecule is CCCCN(CC(=O)Nc1cc(C(C)(C)C)nn1-c1ccc(C)cc1)C(=O)Nc1cccc(Br)c1. The van der Waals surface area contributed by atoms with Crippen LogP contribution in [-0.2, 0) is 10.2 Å². The molecule has 35 heavy (non-hydrogen) atoms. The number of amides is 3. The Morgan fingerprint density at radius 1 is 1.06 bits per heavy atom. The van der Waals surface area contributed by atoms with Crippen LogP contribution in [0.2, 0.25) is 0 Å². The summed E-state index contributed by atoms with van der Waals surface area (Å²) in [6, 6.07) is 16.9. The van der Waals surface area contributed by atoms with Crippen molar-refractivity contribution in [2.45, 2.75) is 52.9 Å². The number of nitrogens with one attached hydrogen (secondary N) is 2. The third-order valence-corrected chi connectivity index (χ3v) is 6.00. The zero-order valence-corrected chi connectivity index (χ0v) is 22.6. The molecular weight excluding hydrogens is 506 g/mol. The lowest BCUT2D eigenvalue weighted by Gasteiger charge is -2.22. The Morgan fingerprint density at radius 3 is 2.40 bits per heavy atom. The second-order valence-corrected chi connectivity index (χ2v) is 10.6. The van der Waals surface area contributed by atoms with Crippen LogP contribution in [0.25, 0.3) is 5.69 Å². The fraction of sp³-hybridized carbons (Fsp3) is 0.370. The maximum atomic E-state index is 13.1. The summed E-state index contributed by atoms with van der Waals surface area (Å²) in [5.74, 6) is 0.297. The molecule has 186 valence electrons. The molecule has 0 radical (unpaired) electrons. The number of hydrogen-bond donors (Lipinski definition) is 2. The lowest BCUT2D eigenvalue weighted by molar-refractivity contribution is -0.116. The lowest BCUT2D eigenvalue weighted by atomic mass is 9.92. The Kier molecular flexibility index (Phi) is 8.72. The topological polar surface area (TPSA) is 79.3 Å². The second-order valence-electron chi connectivity index (χ2n) is 9.68. The number of aromatic nitrogens is 2.